The van der Waals surface area contributed by atoms with Crippen molar-refractivity contribution in [3.8, 4) is 28.2 Å². The Morgan fingerprint density at radius 2 is 1.02 bits per heavy atom. The summed E-state index contributed by atoms with van der Waals surface area (Å²) in [5.41, 5.74) is 13.9. The second kappa shape index (κ2) is 11.3. The van der Waals surface area contributed by atoms with Gasteiger partial charge in [0.15, 0.2) is 5.69 Å². The first-order valence-electron chi connectivity index (χ1n) is 17.8. The summed E-state index contributed by atoms with van der Waals surface area (Å²) in [5, 5.41) is 5.77. The van der Waals surface area contributed by atoms with E-state index >= 15 is 0 Å². The van der Waals surface area contributed by atoms with Gasteiger partial charge in [0.25, 0.3) is 0 Å². The number of hydrogen-bond acceptors (Lipinski definition) is 1. The van der Waals surface area contributed by atoms with Crippen LogP contribution in [-0.4, -0.2) is 18.7 Å². The topological polar surface area (TPSA) is 32.0 Å². The number of benzene rings is 7. The van der Waals surface area contributed by atoms with E-state index < -0.39 is 0 Å². The highest BCUT2D eigenvalue weighted by molar-refractivity contribution is 6.25. The molecule has 4 heterocycles. The molecule has 0 saturated heterocycles. The summed E-state index contributed by atoms with van der Waals surface area (Å²) in [7, 11) is 0. The maximum Gasteiger partial charge on any atom is 0.188 e. The van der Waals surface area contributed by atoms with Crippen LogP contribution in [0.25, 0.3) is 98.6 Å². The molecule has 0 bridgehead atoms. The molecule has 0 spiro atoms. The summed E-state index contributed by atoms with van der Waals surface area (Å²) >= 11 is 0. The van der Waals surface area contributed by atoms with Gasteiger partial charge in [-0.3, -0.25) is 4.98 Å². The molecule has 0 saturated carbocycles. The highest BCUT2D eigenvalue weighted by Crippen LogP contribution is 2.42. The first-order chi connectivity index (χ1) is 26.3. The number of aromatic nitrogens is 4. The molecule has 5 heteroatoms. The molecule has 0 aliphatic rings. The lowest BCUT2D eigenvalue weighted by atomic mass is 10.0. The summed E-state index contributed by atoms with van der Waals surface area (Å²) in [6, 6.07) is 60.1. The minimum absolute atomic E-state index is 0.646. The van der Waals surface area contributed by atoms with E-state index in [0.29, 0.717) is 5.69 Å². The first kappa shape index (κ1) is 29.3. The van der Waals surface area contributed by atoms with E-state index in [1.807, 2.05) is 24.4 Å². The molecule has 0 amide bonds. The Kier molecular flexibility index (Phi) is 6.25. The van der Waals surface area contributed by atoms with Gasteiger partial charge < -0.3 is 13.7 Å². The highest BCUT2D eigenvalue weighted by atomic mass is 15.0. The quantitative estimate of drug-likeness (QED) is 0.171. The summed E-state index contributed by atoms with van der Waals surface area (Å²) in [6.07, 6.45) is 1.89. The zero-order valence-corrected chi connectivity index (χ0v) is 28.5. The number of fused-ring (bicyclic) bond motifs is 10. The predicted octanol–water partition coefficient (Wildman–Crippen LogP) is 12.6. The second-order valence-electron chi connectivity index (χ2n) is 13.5. The van der Waals surface area contributed by atoms with Gasteiger partial charge in [0.2, 0.25) is 0 Å². The average molecular weight is 676 g/mol. The van der Waals surface area contributed by atoms with Crippen molar-refractivity contribution in [3.05, 3.63) is 187 Å². The van der Waals surface area contributed by atoms with Gasteiger partial charge in [0.1, 0.15) is 0 Å². The van der Waals surface area contributed by atoms with Crippen molar-refractivity contribution in [1.82, 2.24) is 18.7 Å². The minimum Gasteiger partial charge on any atom is -0.309 e. The lowest BCUT2D eigenvalue weighted by Gasteiger charge is -2.13. The van der Waals surface area contributed by atoms with E-state index in [2.05, 4.69) is 170 Å². The first-order valence-corrected chi connectivity index (χ1v) is 17.8. The van der Waals surface area contributed by atoms with E-state index in [1.165, 1.54) is 16.3 Å². The van der Waals surface area contributed by atoms with E-state index in [-0.39, 0.29) is 0 Å². The molecule has 0 radical (unpaired) electrons. The average Bonchev–Trinajstić information content (AvgIpc) is 3.87. The van der Waals surface area contributed by atoms with Crippen molar-refractivity contribution >= 4 is 71.2 Å². The van der Waals surface area contributed by atoms with E-state index in [9.17, 15) is 0 Å². The van der Waals surface area contributed by atoms with Gasteiger partial charge in [-0.2, -0.15) is 0 Å². The predicted molar refractivity (Wildman–Crippen MR) is 219 cm³/mol. The Bertz CT molecular complexity index is 3300. The SMILES string of the molecule is [C-]#[N+]c1ccc2c(c1)c1ccccc1n2-c1cccc(-c2cccc(-n3c4cccnc4c4ccc5c(c6ccccc6n5-c5ccccc5)c43)c2)c1. The summed E-state index contributed by atoms with van der Waals surface area (Å²) < 4.78 is 7.08. The normalized spacial score (nSPS) is 11.8. The Morgan fingerprint density at radius 3 is 1.79 bits per heavy atom. The van der Waals surface area contributed by atoms with E-state index in [0.717, 1.165) is 77.4 Å². The summed E-state index contributed by atoms with van der Waals surface area (Å²) in [5.74, 6) is 0. The zero-order chi connectivity index (χ0) is 35.0. The summed E-state index contributed by atoms with van der Waals surface area (Å²) in [6.45, 7) is 7.60. The lowest BCUT2D eigenvalue weighted by molar-refractivity contribution is 1.17. The maximum atomic E-state index is 7.60. The van der Waals surface area contributed by atoms with Crippen LogP contribution in [0.15, 0.2) is 176 Å². The third kappa shape index (κ3) is 4.27. The van der Waals surface area contributed by atoms with Gasteiger partial charge in [-0.05, 0) is 101 Å². The van der Waals surface area contributed by atoms with Crippen LogP contribution in [0.5, 0.6) is 0 Å². The molecule has 0 aliphatic heterocycles. The molecule has 246 valence electrons. The Morgan fingerprint density at radius 1 is 0.415 bits per heavy atom. The van der Waals surface area contributed by atoms with Gasteiger partial charge in [-0.25, -0.2) is 4.85 Å². The zero-order valence-electron chi connectivity index (χ0n) is 28.5. The van der Waals surface area contributed by atoms with Crippen LogP contribution >= 0.6 is 0 Å². The van der Waals surface area contributed by atoms with Crippen LogP contribution in [0.2, 0.25) is 0 Å². The number of hydrogen-bond donors (Lipinski definition) is 0. The molecular weight excluding hydrogens is 647 g/mol. The van der Waals surface area contributed by atoms with Crippen molar-refractivity contribution < 1.29 is 0 Å². The van der Waals surface area contributed by atoms with Gasteiger partial charge in [0, 0.05) is 44.8 Å². The van der Waals surface area contributed by atoms with Crippen LogP contribution < -0.4 is 0 Å². The number of para-hydroxylation sites is 3. The van der Waals surface area contributed by atoms with Crippen molar-refractivity contribution in [2.75, 3.05) is 0 Å². The fourth-order valence-electron chi connectivity index (χ4n) is 8.45. The van der Waals surface area contributed by atoms with Gasteiger partial charge in [0.05, 0.1) is 45.2 Å². The van der Waals surface area contributed by atoms with Crippen LogP contribution in [-0.2, 0) is 0 Å². The van der Waals surface area contributed by atoms with Gasteiger partial charge >= 0.3 is 0 Å². The Hall–Kier alpha value is -7.42. The fourth-order valence-corrected chi connectivity index (χ4v) is 8.45. The Balaban J connectivity index is 1.15. The second-order valence-corrected chi connectivity index (χ2v) is 13.5. The Labute approximate surface area is 304 Å². The fraction of sp³-hybridized carbons (Fsp3) is 0. The molecule has 11 aromatic rings. The molecule has 53 heavy (non-hydrogen) atoms. The molecule has 7 aromatic carbocycles. The molecule has 0 aliphatic carbocycles. The van der Waals surface area contributed by atoms with Crippen molar-refractivity contribution in [1.29, 1.82) is 0 Å². The van der Waals surface area contributed by atoms with Gasteiger partial charge in [-0.1, -0.05) is 84.9 Å². The molecular formula is C48H29N5. The molecule has 4 aromatic heterocycles. The largest absolute Gasteiger partial charge is 0.309 e. The standard InChI is InChI=1S/C48H29N5/c1-49-33-23-25-43-40(30-33)37-18-5-7-20-41(37)52(43)35-16-9-12-31(28-35)32-13-10-17-36(29-32)53-45-22-11-27-50-47(45)39-24-26-44-46(48(39)53)38-19-6-8-21-42(38)51(44)34-14-3-2-4-15-34/h2-30H. The molecule has 0 atom stereocenters. The van der Waals surface area contributed by atoms with Gasteiger partial charge in [-0.15, -0.1) is 0 Å². The molecule has 0 N–H and O–H groups in total. The minimum atomic E-state index is 0.646. The smallest absolute Gasteiger partial charge is 0.188 e. The van der Waals surface area contributed by atoms with Crippen LogP contribution in [0, 0.1) is 6.57 Å². The van der Waals surface area contributed by atoms with Crippen molar-refractivity contribution in [2.45, 2.75) is 0 Å². The molecule has 0 fully saturated rings. The third-order valence-corrected chi connectivity index (χ3v) is 10.7. The maximum absolute atomic E-state index is 7.60. The molecule has 11 rings (SSSR count). The number of pyridine rings is 1. The monoisotopic (exact) mass is 675 g/mol. The lowest BCUT2D eigenvalue weighted by Crippen LogP contribution is -1.96. The van der Waals surface area contributed by atoms with Crippen LogP contribution in [0.4, 0.5) is 5.69 Å². The molecule has 5 nitrogen and oxygen atoms in total. The number of rotatable bonds is 4. The number of nitrogens with zero attached hydrogens (tertiary/aromatic N) is 5. The van der Waals surface area contributed by atoms with E-state index in [4.69, 9.17) is 11.6 Å². The van der Waals surface area contributed by atoms with Crippen LogP contribution in [0.1, 0.15) is 0 Å². The summed E-state index contributed by atoms with van der Waals surface area (Å²) in [4.78, 5) is 8.65. The third-order valence-electron chi connectivity index (χ3n) is 10.7. The van der Waals surface area contributed by atoms with Crippen LogP contribution in [0.3, 0.4) is 0 Å². The van der Waals surface area contributed by atoms with Crippen molar-refractivity contribution in [2.24, 2.45) is 0 Å². The van der Waals surface area contributed by atoms with Crippen molar-refractivity contribution in [3.63, 3.8) is 0 Å². The van der Waals surface area contributed by atoms with E-state index in [1.54, 1.807) is 0 Å². The highest BCUT2D eigenvalue weighted by Gasteiger charge is 2.21. The molecule has 0 unspecified atom stereocenters.